The Balaban J connectivity index is 1.20. The molecule has 4 aromatic rings. The first-order chi connectivity index (χ1) is 24.4. The fourth-order valence-corrected chi connectivity index (χ4v) is 134. The zero-order valence-electron chi connectivity index (χ0n) is 31.5. The number of benzene rings is 4. The zero-order valence-corrected chi connectivity index (χ0v) is 34.4. The van der Waals surface area contributed by atoms with E-state index in [0.29, 0.717) is 41.2 Å². The van der Waals surface area contributed by atoms with E-state index in [9.17, 15) is 0 Å². The van der Waals surface area contributed by atoms with Crippen LogP contribution in [0.25, 0.3) is 0 Å². The van der Waals surface area contributed by atoms with E-state index in [0.717, 1.165) is 28.9 Å². The Morgan fingerprint density at radius 1 is 0.431 bits per heavy atom. The summed E-state index contributed by atoms with van der Waals surface area (Å²) in [4.78, 5) is 13.0. The summed E-state index contributed by atoms with van der Waals surface area (Å²) >= 11 is 0. The third-order valence-corrected chi connectivity index (χ3v) is 79.4. The van der Waals surface area contributed by atoms with E-state index in [1.165, 1.54) is 0 Å². The van der Waals surface area contributed by atoms with Gasteiger partial charge in [-0.1, -0.05) is 0 Å². The molecule has 266 valence electrons. The van der Waals surface area contributed by atoms with Gasteiger partial charge < -0.3 is 0 Å². The molecule has 0 amide bonds. The Morgan fingerprint density at radius 3 is 0.980 bits per heavy atom. The van der Waals surface area contributed by atoms with Crippen molar-refractivity contribution in [2.45, 2.75) is 125 Å². The number of rotatable bonds is 12. The van der Waals surface area contributed by atoms with Gasteiger partial charge in [0.05, 0.1) is 0 Å². The molecule has 8 unspecified atom stereocenters. The van der Waals surface area contributed by atoms with Crippen LogP contribution in [-0.4, -0.2) is 51.0 Å². The molecule has 0 saturated carbocycles. The monoisotopic (exact) mass is 752 g/mol. The second-order valence-electron chi connectivity index (χ2n) is 21.0. The molecule has 1 spiro atoms. The van der Waals surface area contributed by atoms with E-state index >= 15 is 0 Å². The quantitative estimate of drug-likeness (QED) is 0.105. The predicted molar refractivity (Wildman–Crippen MR) is 216 cm³/mol. The van der Waals surface area contributed by atoms with Crippen LogP contribution in [0, 0.1) is 0 Å². The summed E-state index contributed by atoms with van der Waals surface area (Å²) in [7, 11) is -1.09. The summed E-state index contributed by atoms with van der Waals surface area (Å²) < 4.78 is 1.83. The van der Waals surface area contributed by atoms with Crippen molar-refractivity contribution in [2.75, 3.05) is 0 Å². The first-order valence-corrected chi connectivity index (χ1v) is 28.7. The van der Waals surface area contributed by atoms with Crippen molar-refractivity contribution in [3.63, 3.8) is 0 Å². The molecule has 0 radical (unpaired) electrons. The van der Waals surface area contributed by atoms with Crippen molar-refractivity contribution >= 4 is 37.1 Å². The third-order valence-electron chi connectivity index (χ3n) is 22.5. The van der Waals surface area contributed by atoms with Gasteiger partial charge in [-0.2, -0.15) is 0 Å². The zero-order chi connectivity index (χ0) is 34.9. The van der Waals surface area contributed by atoms with Gasteiger partial charge in [0.25, 0.3) is 0 Å². The van der Waals surface area contributed by atoms with E-state index in [1.54, 1.807) is 21.2 Å². The summed E-state index contributed by atoms with van der Waals surface area (Å²) in [6.45, 7) is 15.9. The first-order valence-electron chi connectivity index (χ1n) is 20.0. The third kappa shape index (κ3) is 0.888. The maximum atomic E-state index is 3.38. The second kappa shape index (κ2) is 5.38. The average Bonchev–Trinajstić information content (AvgIpc) is 4.08. The summed E-state index contributed by atoms with van der Waals surface area (Å²) in [6, 6.07) is 51.1. The van der Waals surface area contributed by atoms with Crippen molar-refractivity contribution in [3.8, 4) is 0 Å². The molecule has 0 aromatic heterocycles. The van der Waals surface area contributed by atoms with Crippen molar-refractivity contribution < 1.29 is 6.51 Å². The van der Waals surface area contributed by atoms with E-state index in [2.05, 4.69) is 187 Å². The Morgan fingerprint density at radius 2 is 0.725 bits per heavy atom. The summed E-state index contributed by atoms with van der Waals surface area (Å²) in [6.07, 6.45) is 0. The van der Waals surface area contributed by atoms with E-state index < -0.39 is 22.4 Å². The number of hydrogen-bond donors (Lipinski definition) is 0. The second-order valence-corrected chi connectivity index (χ2v) is 49.1. The Hall–Kier alpha value is -1.82. The van der Waals surface area contributed by atoms with Crippen LogP contribution < -0.4 is 21.2 Å². The Kier molecular flexibility index (Phi) is 3.12. The van der Waals surface area contributed by atoms with Crippen LogP contribution >= 0.6 is 15.8 Å². The molecule has 0 aliphatic carbocycles. The van der Waals surface area contributed by atoms with Crippen LogP contribution in [-0.2, 0) is 6.51 Å². The summed E-state index contributed by atoms with van der Waals surface area (Å²) in [5.41, 5.74) is 0. The Bertz CT molecular complexity index is 2440. The van der Waals surface area contributed by atoms with Gasteiger partial charge in [-0.05, 0) is 0 Å². The Labute approximate surface area is 298 Å². The van der Waals surface area contributed by atoms with Gasteiger partial charge in [0, 0.05) is 0 Å². The number of hydrogen-bond acceptors (Lipinski definition) is 2. The fraction of sp³-hybridized carbons (Fsp3) is 0.478. The first kappa shape index (κ1) is 29.5. The van der Waals surface area contributed by atoms with Gasteiger partial charge in [-0.15, -0.1) is 0 Å². The van der Waals surface area contributed by atoms with Gasteiger partial charge in [-0.3, -0.25) is 0 Å². The van der Waals surface area contributed by atoms with E-state index in [-0.39, 0.29) is 0 Å². The van der Waals surface area contributed by atoms with Crippen molar-refractivity contribution in [2.24, 2.45) is 0 Å². The van der Waals surface area contributed by atoms with Crippen molar-refractivity contribution in [3.05, 3.63) is 121 Å². The van der Waals surface area contributed by atoms with Crippen LogP contribution in [0.2, 0.25) is 28.9 Å². The standard InChI is InChI=1S/C35H36NP2.C11H18N.Fe/c1-27(2)36(28(3)4)35-33(37(29-17-9-5-10-18-29)30-19-11-6-12-20-30)25-26-34(35)38(31-21-13-7-14-22-31)32-23-15-8-16-24-32;1-9(2)12(10(3)4)11-7-5-6-8-11;/h5-28H,1-4H3;5-10H,1-4H3;. The van der Waals surface area contributed by atoms with Gasteiger partial charge in [-0.25, -0.2) is 0 Å². The van der Waals surface area contributed by atoms with E-state index in [4.69, 9.17) is 0 Å². The molecule has 0 N–H and O–H groups in total. The minimum atomic E-state index is -4.95. The molecule has 10 heterocycles. The van der Waals surface area contributed by atoms with Gasteiger partial charge in [0.1, 0.15) is 0 Å². The molecular formula is C46H54FeN2P2. The molecule has 10 aliphatic heterocycles. The summed E-state index contributed by atoms with van der Waals surface area (Å²) in [5.74, 6) is 0. The molecule has 4 aromatic carbocycles. The van der Waals surface area contributed by atoms with Crippen molar-refractivity contribution in [1.29, 1.82) is 0 Å². The number of nitrogens with zero attached hydrogens (tertiary/aromatic N) is 2. The topological polar surface area (TPSA) is 6.48 Å². The molecular weight excluding hydrogens is 698 g/mol. The SMILES string of the molecule is CC(C)N(C(C)C)[C]12[CH]3[CH]4[CH]5[CH]1[Fe]45321678[CH]2[CH]1[C]6(P(c1ccccc1)c1ccccc1)[C]7(N(C(C)C)C(C)C)[C]28P(c1ccccc1)c1ccccc1. The molecule has 10 saturated heterocycles. The van der Waals surface area contributed by atoms with Crippen LogP contribution in [0.4, 0.5) is 0 Å². The van der Waals surface area contributed by atoms with Gasteiger partial charge >= 0.3 is 300 Å². The summed E-state index contributed by atoms with van der Waals surface area (Å²) in [5, 5.41) is 6.75. The van der Waals surface area contributed by atoms with Crippen LogP contribution in [0.15, 0.2) is 121 Å². The normalized spacial score (nSPS) is 52.7. The molecule has 5 heteroatoms. The average molecular weight is 753 g/mol. The molecule has 2 nitrogen and oxygen atoms in total. The van der Waals surface area contributed by atoms with Crippen LogP contribution in [0.3, 0.4) is 0 Å². The predicted octanol–water partition coefficient (Wildman–Crippen LogP) is 9.51. The molecule has 10 aliphatic rings. The molecule has 8 atom stereocenters. The molecule has 14 rings (SSSR count). The molecule has 0 bridgehead atoms. The number of fused-ring (bicyclic) bond motifs is 10. The minimum absolute atomic E-state index is 0.369. The van der Waals surface area contributed by atoms with Crippen molar-refractivity contribution in [1.82, 2.24) is 9.80 Å². The fourth-order valence-electron chi connectivity index (χ4n) is 25.5. The van der Waals surface area contributed by atoms with Crippen LogP contribution in [0.5, 0.6) is 0 Å². The van der Waals surface area contributed by atoms with Crippen LogP contribution in [0.1, 0.15) is 55.4 Å². The maximum absolute atomic E-state index is 4.95. The molecule has 51 heavy (non-hydrogen) atoms. The van der Waals surface area contributed by atoms with Gasteiger partial charge in [0.15, 0.2) is 0 Å². The van der Waals surface area contributed by atoms with Gasteiger partial charge in [0.2, 0.25) is 0 Å². The molecule has 10 fully saturated rings. The van der Waals surface area contributed by atoms with E-state index in [1.807, 2.05) is 0 Å².